The van der Waals surface area contributed by atoms with Gasteiger partial charge in [-0.1, -0.05) is 43.3 Å². The predicted octanol–water partition coefficient (Wildman–Crippen LogP) is 2.12. The molecule has 1 unspecified atom stereocenters. The molecule has 0 aliphatic rings. The first-order valence-corrected chi connectivity index (χ1v) is 6.63. The minimum absolute atomic E-state index is 0.264. The third-order valence-electron chi connectivity index (χ3n) is 3.48. The van der Waals surface area contributed by atoms with Gasteiger partial charge in [0.05, 0.1) is 11.7 Å². The van der Waals surface area contributed by atoms with Crippen molar-refractivity contribution in [3.05, 3.63) is 58.8 Å². The van der Waals surface area contributed by atoms with Crippen LogP contribution in [0, 0.1) is 0 Å². The monoisotopic (exact) mass is 268 g/mol. The Hall–Kier alpha value is -2.40. The third kappa shape index (κ3) is 1.92. The Morgan fingerprint density at radius 2 is 2.00 bits per heavy atom. The molecular weight excluding hydrogens is 252 g/mol. The Bertz CT molecular complexity index is 797. The predicted molar refractivity (Wildman–Crippen MR) is 78.9 cm³/mol. The van der Waals surface area contributed by atoms with E-state index in [4.69, 9.17) is 5.73 Å². The molecule has 3 aromatic rings. The van der Waals surface area contributed by atoms with Crippen LogP contribution < -0.4 is 11.4 Å². The number of nitrogens with one attached hydrogen (secondary N) is 1. The molecule has 3 rings (SSSR count). The molecule has 1 aromatic heterocycles. The van der Waals surface area contributed by atoms with Crippen LogP contribution in [0.3, 0.4) is 0 Å². The molecule has 1 heterocycles. The van der Waals surface area contributed by atoms with Gasteiger partial charge in [-0.2, -0.15) is 5.10 Å². The van der Waals surface area contributed by atoms with Gasteiger partial charge in [0.2, 0.25) is 0 Å². The maximum Gasteiger partial charge on any atom is 0.348 e. The summed E-state index contributed by atoms with van der Waals surface area (Å²) in [6.07, 6.45) is 0.717. The number of H-pyrrole nitrogens is 1. The highest BCUT2D eigenvalue weighted by atomic mass is 16.1. The van der Waals surface area contributed by atoms with Crippen LogP contribution in [-0.4, -0.2) is 14.8 Å². The molecule has 102 valence electrons. The van der Waals surface area contributed by atoms with Crippen molar-refractivity contribution in [2.75, 3.05) is 0 Å². The molecule has 0 aliphatic heterocycles. The van der Waals surface area contributed by atoms with Crippen LogP contribution in [0.5, 0.6) is 0 Å². The van der Waals surface area contributed by atoms with Gasteiger partial charge in [-0.15, -0.1) is 0 Å². The number of nitrogens with two attached hydrogens (primary N) is 1. The Labute approximate surface area is 116 Å². The zero-order valence-electron chi connectivity index (χ0n) is 11.2. The van der Waals surface area contributed by atoms with Crippen LogP contribution in [0.1, 0.15) is 25.2 Å². The summed E-state index contributed by atoms with van der Waals surface area (Å²) < 4.78 is 1.57. The number of hydrogen-bond acceptors (Lipinski definition) is 3. The summed E-state index contributed by atoms with van der Waals surface area (Å²) in [5.74, 6) is 0.564. The normalized spacial score (nSPS) is 12.7. The highest BCUT2D eigenvalue weighted by Gasteiger charge is 2.17. The van der Waals surface area contributed by atoms with E-state index in [0.29, 0.717) is 5.82 Å². The molecule has 0 bridgehead atoms. The molecule has 0 spiro atoms. The van der Waals surface area contributed by atoms with Gasteiger partial charge in [0.25, 0.3) is 0 Å². The standard InChI is InChI=1S/C15H16N4O/c1-2-12(16)14-17-18-15(20)19(14)13-9-5-7-10-6-3-4-8-11(10)13/h3-9,12H,2,16H2,1H3,(H,18,20). The van der Waals surface area contributed by atoms with Crippen molar-refractivity contribution < 1.29 is 0 Å². The maximum atomic E-state index is 12.1. The van der Waals surface area contributed by atoms with E-state index in [9.17, 15) is 4.79 Å². The van der Waals surface area contributed by atoms with E-state index in [2.05, 4.69) is 10.2 Å². The molecule has 20 heavy (non-hydrogen) atoms. The van der Waals surface area contributed by atoms with Crippen molar-refractivity contribution in [1.82, 2.24) is 14.8 Å². The van der Waals surface area contributed by atoms with Crippen molar-refractivity contribution in [2.24, 2.45) is 5.73 Å². The van der Waals surface area contributed by atoms with Gasteiger partial charge < -0.3 is 5.73 Å². The lowest BCUT2D eigenvalue weighted by atomic mass is 10.1. The van der Waals surface area contributed by atoms with E-state index in [1.54, 1.807) is 4.57 Å². The average Bonchev–Trinajstić information content (AvgIpc) is 2.87. The Morgan fingerprint density at radius 3 is 2.80 bits per heavy atom. The molecule has 0 fully saturated rings. The van der Waals surface area contributed by atoms with Gasteiger partial charge in [0.1, 0.15) is 0 Å². The average molecular weight is 268 g/mol. The first-order chi connectivity index (χ1) is 9.72. The molecule has 5 heteroatoms. The second-order valence-corrected chi connectivity index (χ2v) is 4.74. The van der Waals surface area contributed by atoms with Gasteiger partial charge in [-0.25, -0.2) is 14.5 Å². The zero-order chi connectivity index (χ0) is 14.1. The highest BCUT2D eigenvalue weighted by molar-refractivity contribution is 5.90. The van der Waals surface area contributed by atoms with Gasteiger partial charge in [0.15, 0.2) is 5.82 Å². The van der Waals surface area contributed by atoms with E-state index in [1.165, 1.54) is 0 Å². The van der Waals surface area contributed by atoms with Crippen LogP contribution in [0.25, 0.3) is 16.5 Å². The molecule has 0 aliphatic carbocycles. The summed E-state index contributed by atoms with van der Waals surface area (Å²) in [4.78, 5) is 12.1. The van der Waals surface area contributed by atoms with Crippen molar-refractivity contribution in [3.8, 4) is 5.69 Å². The summed E-state index contributed by atoms with van der Waals surface area (Å²) in [5, 5.41) is 8.64. The second-order valence-electron chi connectivity index (χ2n) is 4.74. The summed E-state index contributed by atoms with van der Waals surface area (Å²) in [5.41, 5.74) is 6.59. The maximum absolute atomic E-state index is 12.1. The van der Waals surface area contributed by atoms with E-state index < -0.39 is 0 Å². The van der Waals surface area contributed by atoms with Gasteiger partial charge in [-0.05, 0) is 17.9 Å². The summed E-state index contributed by atoms with van der Waals surface area (Å²) in [6.45, 7) is 1.97. The molecular formula is C15H16N4O. The molecule has 5 nitrogen and oxygen atoms in total. The first kappa shape index (κ1) is 12.6. The lowest BCUT2D eigenvalue weighted by Crippen LogP contribution is -2.21. The minimum Gasteiger partial charge on any atom is -0.321 e. The fraction of sp³-hybridized carbons (Fsp3) is 0.200. The number of hydrogen-bond donors (Lipinski definition) is 2. The molecule has 1 atom stereocenters. The van der Waals surface area contributed by atoms with Gasteiger partial charge >= 0.3 is 5.69 Å². The summed E-state index contributed by atoms with van der Waals surface area (Å²) in [6, 6.07) is 13.5. The number of aromatic amines is 1. The molecule has 0 radical (unpaired) electrons. The van der Waals surface area contributed by atoms with Crippen LogP contribution in [0.15, 0.2) is 47.3 Å². The fourth-order valence-electron chi connectivity index (χ4n) is 2.38. The van der Waals surface area contributed by atoms with Crippen LogP contribution >= 0.6 is 0 Å². The van der Waals surface area contributed by atoms with Crippen molar-refractivity contribution in [2.45, 2.75) is 19.4 Å². The Morgan fingerprint density at radius 1 is 1.25 bits per heavy atom. The quantitative estimate of drug-likeness (QED) is 0.764. The van der Waals surface area contributed by atoms with E-state index in [-0.39, 0.29) is 11.7 Å². The summed E-state index contributed by atoms with van der Waals surface area (Å²) >= 11 is 0. The number of fused-ring (bicyclic) bond motifs is 1. The van der Waals surface area contributed by atoms with E-state index >= 15 is 0 Å². The van der Waals surface area contributed by atoms with Gasteiger partial charge in [0, 0.05) is 5.39 Å². The van der Waals surface area contributed by atoms with Crippen molar-refractivity contribution in [3.63, 3.8) is 0 Å². The molecule has 3 N–H and O–H groups in total. The van der Waals surface area contributed by atoms with E-state index in [0.717, 1.165) is 22.9 Å². The van der Waals surface area contributed by atoms with Crippen LogP contribution in [0.2, 0.25) is 0 Å². The number of nitrogens with zero attached hydrogens (tertiary/aromatic N) is 2. The summed E-state index contributed by atoms with van der Waals surface area (Å²) in [7, 11) is 0. The number of benzene rings is 2. The largest absolute Gasteiger partial charge is 0.348 e. The minimum atomic E-state index is -0.270. The SMILES string of the molecule is CCC(N)c1n[nH]c(=O)n1-c1cccc2ccccc12. The van der Waals surface area contributed by atoms with E-state index in [1.807, 2.05) is 49.4 Å². The highest BCUT2D eigenvalue weighted by Crippen LogP contribution is 2.23. The zero-order valence-corrected chi connectivity index (χ0v) is 11.2. The lowest BCUT2D eigenvalue weighted by molar-refractivity contribution is 0.632. The van der Waals surface area contributed by atoms with Crippen molar-refractivity contribution in [1.29, 1.82) is 0 Å². The van der Waals surface area contributed by atoms with Crippen LogP contribution in [-0.2, 0) is 0 Å². The molecule has 0 saturated heterocycles. The van der Waals surface area contributed by atoms with Gasteiger partial charge in [-0.3, -0.25) is 0 Å². The van der Waals surface area contributed by atoms with Crippen LogP contribution in [0.4, 0.5) is 0 Å². The first-order valence-electron chi connectivity index (χ1n) is 6.63. The van der Waals surface area contributed by atoms with Crippen molar-refractivity contribution >= 4 is 10.8 Å². The topological polar surface area (TPSA) is 76.7 Å². The Kier molecular flexibility index (Phi) is 3.12. The molecule has 2 aromatic carbocycles. The molecule has 0 amide bonds. The smallest absolute Gasteiger partial charge is 0.321 e. The lowest BCUT2D eigenvalue weighted by Gasteiger charge is -2.12. The number of aromatic nitrogens is 3. The number of rotatable bonds is 3. The second kappa shape index (κ2) is 4.94. The fourth-order valence-corrected chi connectivity index (χ4v) is 2.38. The Balaban J connectivity index is 2.32. The molecule has 0 saturated carbocycles. The third-order valence-corrected chi connectivity index (χ3v) is 3.48.